The Morgan fingerprint density at radius 1 is 1.09 bits per heavy atom. The van der Waals surface area contributed by atoms with Crippen molar-refractivity contribution in [1.29, 1.82) is 0 Å². The van der Waals surface area contributed by atoms with Crippen molar-refractivity contribution >= 4 is 32.5 Å². The number of benzene rings is 2. The van der Waals surface area contributed by atoms with Crippen molar-refractivity contribution in [2.24, 2.45) is 0 Å². The number of thiophene rings is 1. The lowest BCUT2D eigenvalue weighted by atomic mass is 9.93. The zero-order chi connectivity index (χ0) is 23.1. The van der Waals surface area contributed by atoms with Gasteiger partial charge in [-0.2, -0.15) is 0 Å². The molecular formula is C27H23FN4OS. The van der Waals surface area contributed by atoms with Gasteiger partial charge in [-0.3, -0.25) is 14.3 Å². The Morgan fingerprint density at radius 3 is 2.82 bits per heavy atom. The zero-order valence-electron chi connectivity index (χ0n) is 18.5. The average Bonchev–Trinajstić information content (AvgIpc) is 3.24. The molecule has 0 aliphatic heterocycles. The fourth-order valence-electron chi connectivity index (χ4n) is 4.75. The van der Waals surface area contributed by atoms with Crippen LogP contribution in [0.15, 0.2) is 71.9 Å². The van der Waals surface area contributed by atoms with Crippen LogP contribution in [0, 0.1) is 5.82 Å². The molecule has 3 heterocycles. The lowest BCUT2D eigenvalue weighted by Crippen LogP contribution is -2.33. The number of hydrogen-bond donors (Lipinski definition) is 1. The van der Waals surface area contributed by atoms with Gasteiger partial charge in [0.25, 0.3) is 5.56 Å². The van der Waals surface area contributed by atoms with Gasteiger partial charge in [-0.25, -0.2) is 9.37 Å². The number of fused-ring (bicyclic) bond motifs is 4. The van der Waals surface area contributed by atoms with Crippen LogP contribution in [0.4, 0.5) is 4.39 Å². The summed E-state index contributed by atoms with van der Waals surface area (Å²) in [5.74, 6) is -0.216. The van der Waals surface area contributed by atoms with Gasteiger partial charge in [0, 0.05) is 29.0 Å². The summed E-state index contributed by atoms with van der Waals surface area (Å²) < 4.78 is 14.8. The summed E-state index contributed by atoms with van der Waals surface area (Å²) in [7, 11) is 0. The second kappa shape index (κ2) is 8.74. The van der Waals surface area contributed by atoms with E-state index >= 15 is 0 Å². The van der Waals surface area contributed by atoms with E-state index in [-0.39, 0.29) is 11.4 Å². The van der Waals surface area contributed by atoms with Crippen LogP contribution in [-0.2, 0) is 25.9 Å². The summed E-state index contributed by atoms with van der Waals surface area (Å²) in [6.45, 7) is 1.15. The maximum Gasteiger partial charge on any atom is 0.262 e. The van der Waals surface area contributed by atoms with E-state index in [0.717, 1.165) is 57.1 Å². The highest BCUT2D eigenvalue weighted by atomic mass is 32.1. The molecule has 170 valence electrons. The summed E-state index contributed by atoms with van der Waals surface area (Å²) in [5.41, 5.74) is 4.17. The fourth-order valence-corrected chi connectivity index (χ4v) is 6.01. The van der Waals surface area contributed by atoms with E-state index < -0.39 is 0 Å². The van der Waals surface area contributed by atoms with Crippen LogP contribution < -0.4 is 10.9 Å². The van der Waals surface area contributed by atoms with E-state index in [0.29, 0.717) is 19.1 Å². The quantitative estimate of drug-likeness (QED) is 0.399. The van der Waals surface area contributed by atoms with Crippen LogP contribution in [-0.4, -0.2) is 20.6 Å². The average molecular weight is 471 g/mol. The first-order valence-corrected chi connectivity index (χ1v) is 12.3. The molecular weight excluding hydrogens is 447 g/mol. The summed E-state index contributed by atoms with van der Waals surface area (Å²) in [4.78, 5) is 24.6. The number of para-hydroxylation sites is 1. The summed E-state index contributed by atoms with van der Waals surface area (Å²) in [6.07, 6.45) is 6.19. The van der Waals surface area contributed by atoms with Crippen molar-refractivity contribution in [2.45, 2.75) is 38.4 Å². The molecule has 3 aromatic heterocycles. The topological polar surface area (TPSA) is 59.8 Å². The van der Waals surface area contributed by atoms with Gasteiger partial charge in [0.2, 0.25) is 0 Å². The molecule has 0 saturated carbocycles. The molecule has 5 aromatic rings. The highest BCUT2D eigenvalue weighted by molar-refractivity contribution is 7.18. The van der Waals surface area contributed by atoms with Crippen molar-refractivity contribution in [1.82, 2.24) is 19.9 Å². The molecule has 1 aliphatic carbocycles. The molecule has 0 unspecified atom stereocenters. The minimum atomic E-state index is -0.216. The van der Waals surface area contributed by atoms with Gasteiger partial charge in [-0.15, -0.1) is 11.3 Å². The molecule has 0 amide bonds. The van der Waals surface area contributed by atoms with E-state index in [2.05, 4.69) is 21.4 Å². The number of pyridine rings is 1. The number of nitrogens with zero attached hydrogens (tertiary/aromatic N) is 3. The van der Waals surface area contributed by atoms with Crippen molar-refractivity contribution in [3.63, 3.8) is 0 Å². The number of rotatable bonds is 5. The van der Waals surface area contributed by atoms with Gasteiger partial charge in [-0.1, -0.05) is 30.3 Å². The monoisotopic (exact) mass is 470 g/mol. The summed E-state index contributed by atoms with van der Waals surface area (Å²) >= 11 is 1.63. The summed E-state index contributed by atoms with van der Waals surface area (Å²) in [6, 6.07) is 17.0. The third kappa shape index (κ3) is 4.02. The standard InChI is InChI=1S/C27H23FN4OS/c28-20-7-5-17(6-8-20)13-29-21-9-10-22-24(12-21)34-26-25(22)27(33)32(16-31-26)15-18-11-19-3-1-2-4-23(19)30-14-18/h1-8,11,14,16,21,29H,9-10,12-13,15H2/t21-/m0/s1. The predicted octanol–water partition coefficient (Wildman–Crippen LogP) is 4.84. The zero-order valence-corrected chi connectivity index (χ0v) is 19.3. The molecule has 0 bridgehead atoms. The maximum absolute atomic E-state index is 13.4. The van der Waals surface area contributed by atoms with Crippen LogP contribution in [0.3, 0.4) is 0 Å². The number of aromatic nitrogens is 3. The smallest absolute Gasteiger partial charge is 0.262 e. The van der Waals surface area contributed by atoms with Gasteiger partial charge in [0.05, 0.1) is 23.8 Å². The van der Waals surface area contributed by atoms with Crippen LogP contribution >= 0.6 is 11.3 Å². The molecule has 0 fully saturated rings. The van der Waals surface area contributed by atoms with Gasteiger partial charge in [-0.05, 0) is 60.2 Å². The lowest BCUT2D eigenvalue weighted by molar-refractivity contribution is 0.462. The fraction of sp³-hybridized carbons (Fsp3) is 0.222. The van der Waals surface area contributed by atoms with Crippen molar-refractivity contribution < 1.29 is 4.39 Å². The Morgan fingerprint density at radius 2 is 1.94 bits per heavy atom. The van der Waals surface area contributed by atoms with Crippen LogP contribution in [0.2, 0.25) is 0 Å². The first-order chi connectivity index (χ1) is 16.6. The Balaban J connectivity index is 1.23. The van der Waals surface area contributed by atoms with E-state index in [1.807, 2.05) is 42.6 Å². The normalized spacial score (nSPS) is 15.6. The minimum absolute atomic E-state index is 0.0216. The Bertz CT molecular complexity index is 1560. The van der Waals surface area contributed by atoms with Crippen molar-refractivity contribution in [3.8, 4) is 0 Å². The van der Waals surface area contributed by atoms with E-state index in [9.17, 15) is 9.18 Å². The first kappa shape index (κ1) is 21.1. The number of hydrogen-bond acceptors (Lipinski definition) is 5. The molecule has 2 aromatic carbocycles. The van der Waals surface area contributed by atoms with Gasteiger partial charge >= 0.3 is 0 Å². The van der Waals surface area contributed by atoms with E-state index in [1.165, 1.54) is 17.0 Å². The highest BCUT2D eigenvalue weighted by Gasteiger charge is 2.25. The number of halogens is 1. The highest BCUT2D eigenvalue weighted by Crippen LogP contribution is 2.33. The molecule has 1 N–H and O–H groups in total. The van der Waals surface area contributed by atoms with Gasteiger partial charge in [0.15, 0.2) is 0 Å². The second-order valence-corrected chi connectivity index (χ2v) is 9.93. The molecule has 6 rings (SSSR count). The Labute approximate surface area is 199 Å². The van der Waals surface area contributed by atoms with Gasteiger partial charge < -0.3 is 5.32 Å². The molecule has 34 heavy (non-hydrogen) atoms. The molecule has 5 nitrogen and oxygen atoms in total. The Hall–Kier alpha value is -3.42. The van der Waals surface area contributed by atoms with Crippen LogP contribution in [0.25, 0.3) is 21.1 Å². The largest absolute Gasteiger partial charge is 0.310 e. The molecule has 0 radical (unpaired) electrons. The summed E-state index contributed by atoms with van der Waals surface area (Å²) in [5, 5.41) is 5.42. The Kier molecular flexibility index (Phi) is 5.43. The van der Waals surface area contributed by atoms with Crippen LogP contribution in [0.1, 0.15) is 28.0 Å². The van der Waals surface area contributed by atoms with E-state index in [1.54, 1.807) is 22.2 Å². The van der Waals surface area contributed by atoms with Crippen LogP contribution in [0.5, 0.6) is 0 Å². The molecule has 1 atom stereocenters. The third-order valence-electron chi connectivity index (χ3n) is 6.54. The molecule has 1 aliphatic rings. The first-order valence-electron chi connectivity index (χ1n) is 11.5. The number of aryl methyl sites for hydroxylation is 1. The van der Waals surface area contributed by atoms with Crippen molar-refractivity contribution in [2.75, 3.05) is 0 Å². The number of nitrogens with one attached hydrogen (secondary N) is 1. The lowest BCUT2D eigenvalue weighted by Gasteiger charge is -2.23. The molecule has 0 spiro atoms. The van der Waals surface area contributed by atoms with Gasteiger partial charge in [0.1, 0.15) is 10.6 Å². The molecule has 0 saturated heterocycles. The van der Waals surface area contributed by atoms with Crippen molar-refractivity contribution in [3.05, 3.63) is 105 Å². The van der Waals surface area contributed by atoms with E-state index in [4.69, 9.17) is 0 Å². The predicted molar refractivity (Wildman–Crippen MR) is 134 cm³/mol. The third-order valence-corrected chi connectivity index (χ3v) is 7.71. The maximum atomic E-state index is 13.4. The second-order valence-electron chi connectivity index (χ2n) is 8.84. The minimum Gasteiger partial charge on any atom is -0.310 e. The molecule has 7 heteroatoms. The SMILES string of the molecule is O=c1c2c3c(sc2ncn1Cc1cnc2ccccc2c1)C[C@@H](NCc1ccc(F)cc1)CC3.